The second kappa shape index (κ2) is 10.9. The minimum absolute atomic E-state index is 0.140. The van der Waals surface area contributed by atoms with E-state index in [0.717, 1.165) is 35.1 Å². The molecule has 8 nitrogen and oxygen atoms in total. The Morgan fingerprint density at radius 2 is 1.87 bits per heavy atom. The van der Waals surface area contributed by atoms with E-state index in [0.29, 0.717) is 64.2 Å². The molecule has 2 aromatic rings. The number of piperidine rings is 1. The van der Waals surface area contributed by atoms with Crippen molar-refractivity contribution in [2.75, 3.05) is 36.8 Å². The van der Waals surface area contributed by atoms with Crippen LogP contribution in [-0.4, -0.2) is 71.4 Å². The maximum absolute atomic E-state index is 15.1. The maximum atomic E-state index is 15.1. The highest BCUT2D eigenvalue weighted by molar-refractivity contribution is 7.89. The van der Waals surface area contributed by atoms with Crippen molar-refractivity contribution in [1.29, 1.82) is 0 Å². The molecule has 0 spiro atoms. The van der Waals surface area contributed by atoms with Crippen molar-refractivity contribution in [3.63, 3.8) is 0 Å². The number of halogens is 1. The average Bonchev–Trinajstić information content (AvgIpc) is 3.36. The SMILES string of the molecule is CCCc1cnc(N2CCC(O)(C3Cc4cc(C5=CCN(S(=O)(=O)CCC)CC5)cc(F)c4O3)CC2)nc1. The molecule has 10 heteroatoms. The third-order valence-electron chi connectivity index (χ3n) is 7.93. The lowest BCUT2D eigenvalue weighted by Gasteiger charge is -2.41. The van der Waals surface area contributed by atoms with Gasteiger partial charge in [0, 0.05) is 50.6 Å². The van der Waals surface area contributed by atoms with Crippen LogP contribution in [-0.2, 0) is 22.9 Å². The molecular formula is C28H37FN4O4S. The van der Waals surface area contributed by atoms with Crippen LogP contribution in [0.15, 0.2) is 30.6 Å². The largest absolute Gasteiger partial charge is 0.484 e. The summed E-state index contributed by atoms with van der Waals surface area (Å²) >= 11 is 0. The molecule has 1 fully saturated rings. The Morgan fingerprint density at radius 3 is 2.50 bits per heavy atom. The fraction of sp³-hybridized carbons (Fsp3) is 0.571. The topological polar surface area (TPSA) is 95.9 Å². The molecule has 38 heavy (non-hydrogen) atoms. The van der Waals surface area contributed by atoms with E-state index in [9.17, 15) is 13.5 Å². The number of aromatic nitrogens is 2. The lowest BCUT2D eigenvalue weighted by molar-refractivity contribution is -0.0696. The predicted molar refractivity (Wildman–Crippen MR) is 145 cm³/mol. The van der Waals surface area contributed by atoms with E-state index in [1.54, 1.807) is 0 Å². The van der Waals surface area contributed by atoms with Crippen molar-refractivity contribution in [3.05, 3.63) is 53.1 Å². The van der Waals surface area contributed by atoms with Crippen molar-refractivity contribution in [2.24, 2.45) is 0 Å². The highest BCUT2D eigenvalue weighted by Crippen LogP contribution is 2.41. The normalized spacial score (nSPS) is 21.6. The summed E-state index contributed by atoms with van der Waals surface area (Å²) in [5.74, 6) is 0.581. The highest BCUT2D eigenvalue weighted by Gasteiger charge is 2.45. The summed E-state index contributed by atoms with van der Waals surface area (Å²) in [6, 6.07) is 3.40. The van der Waals surface area contributed by atoms with Crippen LogP contribution in [0, 0.1) is 5.82 Å². The molecule has 1 aromatic heterocycles. The van der Waals surface area contributed by atoms with Crippen molar-refractivity contribution < 1.29 is 22.7 Å². The molecule has 0 radical (unpaired) electrons. The van der Waals surface area contributed by atoms with Gasteiger partial charge in [-0.25, -0.2) is 22.8 Å². The Bertz CT molecular complexity index is 1290. The lowest BCUT2D eigenvalue weighted by atomic mass is 9.84. The van der Waals surface area contributed by atoms with Crippen molar-refractivity contribution in [3.8, 4) is 5.75 Å². The summed E-state index contributed by atoms with van der Waals surface area (Å²) in [5, 5.41) is 11.5. The first-order valence-electron chi connectivity index (χ1n) is 13.7. The first-order chi connectivity index (χ1) is 18.2. The second-order valence-corrected chi connectivity index (χ2v) is 12.7. The summed E-state index contributed by atoms with van der Waals surface area (Å²) < 4.78 is 47.4. The number of anilines is 1. The molecule has 1 N–H and O–H groups in total. The van der Waals surface area contributed by atoms with E-state index in [-0.39, 0.29) is 11.5 Å². The van der Waals surface area contributed by atoms with Gasteiger partial charge >= 0.3 is 0 Å². The van der Waals surface area contributed by atoms with Gasteiger partial charge in [-0.2, -0.15) is 4.31 Å². The highest BCUT2D eigenvalue weighted by atomic mass is 32.2. The third kappa shape index (κ3) is 5.44. The number of hydrogen-bond acceptors (Lipinski definition) is 7. The summed E-state index contributed by atoms with van der Waals surface area (Å²) in [5.41, 5.74) is 2.49. The van der Waals surface area contributed by atoms with Gasteiger partial charge in [0.05, 0.1) is 5.75 Å². The second-order valence-electron chi connectivity index (χ2n) is 10.6. The third-order valence-corrected chi connectivity index (χ3v) is 9.97. The van der Waals surface area contributed by atoms with E-state index in [2.05, 4.69) is 21.8 Å². The number of hydrogen-bond donors (Lipinski definition) is 1. The summed E-state index contributed by atoms with van der Waals surface area (Å²) in [4.78, 5) is 11.1. The number of rotatable bonds is 8. The molecule has 206 valence electrons. The molecule has 1 aromatic carbocycles. The molecule has 3 aliphatic heterocycles. The Hall–Kier alpha value is -2.56. The molecule has 1 atom stereocenters. The van der Waals surface area contributed by atoms with Gasteiger partial charge in [-0.15, -0.1) is 0 Å². The van der Waals surface area contributed by atoms with Crippen molar-refractivity contribution in [2.45, 2.75) is 70.5 Å². The van der Waals surface area contributed by atoms with Crippen LogP contribution in [0.2, 0.25) is 0 Å². The Morgan fingerprint density at radius 1 is 1.13 bits per heavy atom. The zero-order valence-electron chi connectivity index (χ0n) is 22.2. The molecule has 1 saturated heterocycles. The monoisotopic (exact) mass is 544 g/mol. The first-order valence-corrected chi connectivity index (χ1v) is 15.3. The predicted octanol–water partition coefficient (Wildman–Crippen LogP) is 3.73. The number of ether oxygens (including phenoxy) is 1. The van der Waals surface area contributed by atoms with Gasteiger partial charge in [-0.3, -0.25) is 0 Å². The smallest absolute Gasteiger partial charge is 0.225 e. The molecular weight excluding hydrogens is 507 g/mol. The Kier molecular flexibility index (Phi) is 7.75. The maximum Gasteiger partial charge on any atom is 0.225 e. The number of benzene rings is 1. The van der Waals surface area contributed by atoms with Gasteiger partial charge in [-0.1, -0.05) is 26.3 Å². The van der Waals surface area contributed by atoms with E-state index in [1.807, 2.05) is 31.5 Å². The van der Waals surface area contributed by atoms with Gasteiger partial charge in [0.2, 0.25) is 16.0 Å². The fourth-order valence-electron chi connectivity index (χ4n) is 5.70. The number of nitrogens with zero attached hydrogens (tertiary/aromatic N) is 4. The van der Waals surface area contributed by atoms with Crippen LogP contribution in [0.5, 0.6) is 5.75 Å². The number of sulfonamides is 1. The van der Waals surface area contributed by atoms with Gasteiger partial charge in [0.25, 0.3) is 0 Å². The molecule has 1 unspecified atom stereocenters. The summed E-state index contributed by atoms with van der Waals surface area (Å²) in [6.07, 6.45) is 9.60. The van der Waals surface area contributed by atoms with Crippen LogP contribution in [0.4, 0.5) is 10.3 Å². The Labute approximate surface area is 224 Å². The van der Waals surface area contributed by atoms with E-state index >= 15 is 4.39 Å². The van der Waals surface area contributed by atoms with Crippen molar-refractivity contribution >= 4 is 21.5 Å². The average molecular weight is 545 g/mol. The van der Waals surface area contributed by atoms with Crippen LogP contribution < -0.4 is 9.64 Å². The van der Waals surface area contributed by atoms with Crippen LogP contribution in [0.25, 0.3) is 5.57 Å². The lowest BCUT2D eigenvalue weighted by Crippen LogP contribution is -2.53. The zero-order chi connectivity index (χ0) is 26.9. The minimum Gasteiger partial charge on any atom is -0.484 e. The zero-order valence-corrected chi connectivity index (χ0v) is 23.0. The molecule has 0 amide bonds. The minimum atomic E-state index is -3.25. The van der Waals surface area contributed by atoms with E-state index < -0.39 is 27.5 Å². The molecule has 3 aliphatic rings. The quantitative estimate of drug-likeness (QED) is 0.541. The molecule has 4 heterocycles. The molecule has 5 rings (SSSR count). The molecule has 0 aliphatic carbocycles. The van der Waals surface area contributed by atoms with Gasteiger partial charge < -0.3 is 14.7 Å². The van der Waals surface area contributed by atoms with Gasteiger partial charge in [-0.05, 0) is 60.9 Å². The van der Waals surface area contributed by atoms with Crippen LogP contribution in [0.3, 0.4) is 0 Å². The van der Waals surface area contributed by atoms with Crippen molar-refractivity contribution in [1.82, 2.24) is 14.3 Å². The summed E-state index contributed by atoms with van der Waals surface area (Å²) in [6.45, 7) is 5.87. The Balaban J connectivity index is 1.24. The molecule has 0 saturated carbocycles. The van der Waals surface area contributed by atoms with Crippen LogP contribution >= 0.6 is 0 Å². The summed E-state index contributed by atoms with van der Waals surface area (Å²) in [7, 11) is -3.25. The van der Waals surface area contributed by atoms with E-state index in [4.69, 9.17) is 4.74 Å². The number of fused-ring (bicyclic) bond motifs is 1. The number of aliphatic hydroxyl groups is 1. The number of aryl methyl sites for hydroxylation is 1. The fourth-order valence-corrected chi connectivity index (χ4v) is 7.15. The van der Waals surface area contributed by atoms with Crippen LogP contribution in [0.1, 0.15) is 62.6 Å². The van der Waals surface area contributed by atoms with E-state index in [1.165, 1.54) is 10.4 Å². The molecule has 0 bridgehead atoms. The van der Waals surface area contributed by atoms with Gasteiger partial charge in [0.1, 0.15) is 11.7 Å². The first kappa shape index (κ1) is 27.0. The standard InChI is InChI=1S/C28H37FN4O4S/c1-3-5-20-18-30-27(31-19-20)32-12-8-28(34,9-13-32)25-17-23-15-22(16-24(29)26(23)37-25)21-6-10-33(11-7-21)38(35,36)14-4-2/h6,15-16,18-19,25,34H,3-5,7-14,17H2,1-2H3. The van der Waals surface area contributed by atoms with Gasteiger partial charge in [0.15, 0.2) is 11.6 Å².